The van der Waals surface area contributed by atoms with E-state index in [4.69, 9.17) is 4.74 Å². The van der Waals surface area contributed by atoms with Crippen LogP contribution in [0, 0.1) is 13.8 Å². The van der Waals surface area contributed by atoms with Gasteiger partial charge in [-0.25, -0.2) is 4.98 Å². The number of aryl methyl sites for hydroxylation is 2. The number of methoxy groups -OCH3 is 1. The maximum absolute atomic E-state index is 12.6. The summed E-state index contributed by atoms with van der Waals surface area (Å²) in [5.41, 5.74) is 4.89. The van der Waals surface area contributed by atoms with E-state index in [1.54, 1.807) is 7.11 Å². The van der Waals surface area contributed by atoms with Gasteiger partial charge in [-0.2, -0.15) is 5.10 Å². The molecule has 0 aliphatic heterocycles. The molecule has 0 bridgehead atoms. The first kappa shape index (κ1) is 16.7. The first-order valence-corrected chi connectivity index (χ1v) is 7.98. The molecule has 0 spiro atoms. The van der Waals surface area contributed by atoms with Gasteiger partial charge in [0.15, 0.2) is 0 Å². The molecule has 128 valence electrons. The Morgan fingerprint density at radius 3 is 2.72 bits per heavy atom. The molecule has 6 nitrogen and oxygen atoms in total. The third kappa shape index (κ3) is 3.52. The number of ether oxygens (including phenoxy) is 1. The van der Waals surface area contributed by atoms with Crippen molar-refractivity contribution in [2.24, 2.45) is 0 Å². The average molecular weight is 336 g/mol. The summed E-state index contributed by atoms with van der Waals surface area (Å²) < 4.78 is 5.34. The number of carbonyl (C=O) groups excluding carboxylic acids is 1. The number of amides is 1. The zero-order chi connectivity index (χ0) is 17.8. The lowest BCUT2D eigenvalue weighted by Gasteiger charge is -2.13. The molecule has 25 heavy (non-hydrogen) atoms. The predicted octanol–water partition coefficient (Wildman–Crippen LogP) is 3.03. The van der Waals surface area contributed by atoms with Crippen LogP contribution in [0.25, 0.3) is 11.3 Å². The fourth-order valence-electron chi connectivity index (χ4n) is 2.76. The molecule has 0 aliphatic carbocycles. The van der Waals surface area contributed by atoms with E-state index in [1.165, 1.54) is 6.20 Å². The van der Waals surface area contributed by atoms with Crippen LogP contribution >= 0.6 is 0 Å². The molecule has 0 saturated carbocycles. The van der Waals surface area contributed by atoms with Crippen LogP contribution in [-0.2, 0) is 6.54 Å². The molecule has 2 N–H and O–H groups in total. The number of aromatic nitrogens is 3. The molecule has 0 fully saturated rings. The summed E-state index contributed by atoms with van der Waals surface area (Å²) in [6.45, 7) is 4.22. The Labute approximate surface area is 146 Å². The van der Waals surface area contributed by atoms with Crippen molar-refractivity contribution in [3.05, 3.63) is 65.0 Å². The molecule has 2 aromatic heterocycles. The highest BCUT2D eigenvalue weighted by atomic mass is 16.5. The summed E-state index contributed by atoms with van der Waals surface area (Å²) in [5.74, 6) is 0.336. The second-order valence-corrected chi connectivity index (χ2v) is 5.78. The van der Waals surface area contributed by atoms with Gasteiger partial charge in [0.2, 0.25) is 5.88 Å². The van der Waals surface area contributed by atoms with Crippen molar-refractivity contribution in [1.29, 1.82) is 0 Å². The standard InChI is InChI=1S/C19H20N4O2/c1-12-9-13(2)22-19(25-3)15(12)10-20-18(24)16-11-21-23-17(16)14-7-5-4-6-8-14/h4-9,11H,10H2,1-3H3,(H,20,24)(H,21,23). The molecule has 0 saturated heterocycles. The van der Waals surface area contributed by atoms with E-state index < -0.39 is 0 Å². The minimum absolute atomic E-state index is 0.199. The fourth-order valence-corrected chi connectivity index (χ4v) is 2.76. The van der Waals surface area contributed by atoms with E-state index in [0.29, 0.717) is 23.7 Å². The van der Waals surface area contributed by atoms with Crippen molar-refractivity contribution in [1.82, 2.24) is 20.5 Å². The zero-order valence-electron chi connectivity index (χ0n) is 14.5. The van der Waals surface area contributed by atoms with Crippen LogP contribution in [0.4, 0.5) is 0 Å². The monoisotopic (exact) mass is 336 g/mol. The molecule has 0 unspecified atom stereocenters. The van der Waals surface area contributed by atoms with Gasteiger partial charge in [0.05, 0.1) is 24.6 Å². The maximum atomic E-state index is 12.6. The van der Waals surface area contributed by atoms with Crippen molar-refractivity contribution < 1.29 is 9.53 Å². The number of hydrogen-bond donors (Lipinski definition) is 2. The number of carbonyl (C=O) groups is 1. The predicted molar refractivity (Wildman–Crippen MR) is 95.5 cm³/mol. The van der Waals surface area contributed by atoms with Crippen molar-refractivity contribution in [2.45, 2.75) is 20.4 Å². The van der Waals surface area contributed by atoms with Crippen molar-refractivity contribution >= 4 is 5.91 Å². The Morgan fingerprint density at radius 2 is 2.00 bits per heavy atom. The molecule has 1 aromatic carbocycles. The second-order valence-electron chi connectivity index (χ2n) is 5.78. The van der Waals surface area contributed by atoms with Gasteiger partial charge in [-0.3, -0.25) is 9.89 Å². The Kier molecular flexibility index (Phi) is 4.79. The van der Waals surface area contributed by atoms with E-state index in [-0.39, 0.29) is 5.91 Å². The summed E-state index contributed by atoms with van der Waals surface area (Å²) in [6, 6.07) is 11.6. The maximum Gasteiger partial charge on any atom is 0.255 e. The number of aromatic amines is 1. The number of benzene rings is 1. The van der Waals surface area contributed by atoms with Crippen LogP contribution in [0.3, 0.4) is 0 Å². The molecule has 6 heteroatoms. The van der Waals surface area contributed by atoms with Gasteiger partial charge in [0.25, 0.3) is 5.91 Å². The van der Waals surface area contributed by atoms with Crippen molar-refractivity contribution in [2.75, 3.05) is 7.11 Å². The lowest BCUT2D eigenvalue weighted by Crippen LogP contribution is -2.24. The third-order valence-electron chi connectivity index (χ3n) is 4.00. The summed E-state index contributed by atoms with van der Waals surface area (Å²) in [7, 11) is 1.58. The highest BCUT2D eigenvalue weighted by molar-refractivity contribution is 5.99. The van der Waals surface area contributed by atoms with Crippen LogP contribution in [0.5, 0.6) is 5.88 Å². The highest BCUT2D eigenvalue weighted by Crippen LogP contribution is 2.22. The number of hydrogen-bond acceptors (Lipinski definition) is 4. The lowest BCUT2D eigenvalue weighted by atomic mass is 10.1. The van der Waals surface area contributed by atoms with E-state index in [2.05, 4.69) is 20.5 Å². The normalized spacial score (nSPS) is 10.5. The molecular weight excluding hydrogens is 316 g/mol. The van der Waals surface area contributed by atoms with Crippen molar-refractivity contribution in [3.8, 4) is 17.1 Å². The van der Waals surface area contributed by atoms with Gasteiger partial charge in [0.1, 0.15) is 0 Å². The largest absolute Gasteiger partial charge is 0.481 e. The zero-order valence-corrected chi connectivity index (χ0v) is 14.5. The third-order valence-corrected chi connectivity index (χ3v) is 4.00. The summed E-state index contributed by atoms with van der Waals surface area (Å²) in [5, 5.41) is 9.84. The van der Waals surface area contributed by atoms with Crippen LogP contribution in [-0.4, -0.2) is 28.2 Å². The number of rotatable bonds is 5. The summed E-state index contributed by atoms with van der Waals surface area (Å²) in [4.78, 5) is 17.0. The van der Waals surface area contributed by atoms with Gasteiger partial charge >= 0.3 is 0 Å². The first-order valence-electron chi connectivity index (χ1n) is 7.98. The Bertz CT molecular complexity index is 888. The lowest BCUT2D eigenvalue weighted by molar-refractivity contribution is 0.0951. The van der Waals surface area contributed by atoms with Crippen LogP contribution in [0.15, 0.2) is 42.6 Å². The van der Waals surface area contributed by atoms with Gasteiger partial charge in [0, 0.05) is 23.4 Å². The van der Waals surface area contributed by atoms with E-state index in [9.17, 15) is 4.79 Å². The molecule has 3 rings (SSSR count). The first-order chi connectivity index (χ1) is 12.1. The second kappa shape index (κ2) is 7.17. The molecule has 2 heterocycles. The van der Waals surface area contributed by atoms with E-state index >= 15 is 0 Å². The SMILES string of the molecule is COc1nc(C)cc(C)c1CNC(=O)c1cn[nH]c1-c1ccccc1. The van der Waals surface area contributed by atoms with Gasteiger partial charge in [-0.1, -0.05) is 30.3 Å². The summed E-state index contributed by atoms with van der Waals surface area (Å²) in [6.07, 6.45) is 1.54. The number of pyridine rings is 1. The Balaban J connectivity index is 1.80. The Hall–Kier alpha value is -3.15. The van der Waals surface area contributed by atoms with Gasteiger partial charge in [-0.15, -0.1) is 0 Å². The number of nitrogens with zero attached hydrogens (tertiary/aromatic N) is 2. The molecular formula is C19H20N4O2. The average Bonchev–Trinajstić information content (AvgIpc) is 3.10. The quantitative estimate of drug-likeness (QED) is 0.750. The van der Waals surface area contributed by atoms with Gasteiger partial charge in [-0.05, 0) is 25.5 Å². The molecule has 1 amide bonds. The van der Waals surface area contributed by atoms with Crippen LogP contribution in [0.2, 0.25) is 0 Å². The molecule has 0 radical (unpaired) electrons. The molecule has 3 aromatic rings. The number of nitrogens with one attached hydrogen (secondary N) is 2. The van der Waals surface area contributed by atoms with Crippen LogP contribution < -0.4 is 10.1 Å². The smallest absolute Gasteiger partial charge is 0.255 e. The van der Waals surface area contributed by atoms with E-state index in [1.807, 2.05) is 50.2 Å². The molecule has 0 aliphatic rings. The fraction of sp³-hybridized carbons (Fsp3) is 0.211. The molecule has 0 atom stereocenters. The minimum Gasteiger partial charge on any atom is -0.481 e. The highest BCUT2D eigenvalue weighted by Gasteiger charge is 2.16. The Morgan fingerprint density at radius 1 is 1.24 bits per heavy atom. The topological polar surface area (TPSA) is 79.9 Å². The summed E-state index contributed by atoms with van der Waals surface area (Å²) >= 11 is 0. The minimum atomic E-state index is -0.199. The van der Waals surface area contributed by atoms with Crippen molar-refractivity contribution in [3.63, 3.8) is 0 Å². The number of H-pyrrole nitrogens is 1. The van der Waals surface area contributed by atoms with Gasteiger partial charge < -0.3 is 10.1 Å². The van der Waals surface area contributed by atoms with Crippen LogP contribution in [0.1, 0.15) is 27.2 Å². The van der Waals surface area contributed by atoms with E-state index in [0.717, 1.165) is 22.4 Å².